The molecule has 0 radical (unpaired) electrons. The lowest BCUT2D eigenvalue weighted by molar-refractivity contribution is 0.591. The summed E-state index contributed by atoms with van der Waals surface area (Å²) in [5.41, 5.74) is 6.21. The Bertz CT molecular complexity index is 433. The number of hydrogen-bond donors (Lipinski definition) is 1. The second-order valence-corrected chi connectivity index (χ2v) is 3.80. The molecular formula is C7H8N4OS. The highest BCUT2D eigenvalue weighted by atomic mass is 32.1. The summed E-state index contributed by atoms with van der Waals surface area (Å²) in [6.07, 6.45) is 0. The van der Waals surface area contributed by atoms with Gasteiger partial charge in [0.15, 0.2) is 0 Å². The predicted molar refractivity (Wildman–Crippen MR) is 49.3 cm³/mol. The molecule has 0 atom stereocenters. The predicted octanol–water partition coefficient (Wildman–Crippen LogP) is 1.39. The van der Waals surface area contributed by atoms with Crippen LogP contribution in [-0.4, -0.2) is 15.2 Å². The third kappa shape index (κ3) is 1.40. The lowest BCUT2D eigenvalue weighted by atomic mass is 10.4. The Hall–Kier alpha value is -1.43. The van der Waals surface area contributed by atoms with Gasteiger partial charge in [0.2, 0.25) is 0 Å². The number of anilines is 1. The zero-order valence-electron chi connectivity index (χ0n) is 7.24. The molecule has 0 amide bonds. The van der Waals surface area contributed by atoms with E-state index in [-0.39, 0.29) is 6.01 Å². The quantitative estimate of drug-likeness (QED) is 0.745. The van der Waals surface area contributed by atoms with Gasteiger partial charge in [0.1, 0.15) is 4.88 Å². The second-order valence-electron chi connectivity index (χ2n) is 2.59. The van der Waals surface area contributed by atoms with E-state index in [2.05, 4.69) is 15.2 Å². The van der Waals surface area contributed by atoms with Crippen molar-refractivity contribution >= 4 is 17.4 Å². The van der Waals surface area contributed by atoms with Crippen molar-refractivity contribution in [1.29, 1.82) is 0 Å². The molecule has 68 valence electrons. The molecule has 0 aromatic carbocycles. The lowest BCUT2D eigenvalue weighted by Gasteiger charge is -1.86. The molecule has 0 saturated carbocycles. The Morgan fingerprint density at radius 1 is 1.31 bits per heavy atom. The van der Waals surface area contributed by atoms with Gasteiger partial charge in [0.25, 0.3) is 5.89 Å². The number of aryl methyl sites for hydroxylation is 2. The van der Waals surface area contributed by atoms with Crippen LogP contribution >= 0.6 is 11.3 Å². The Labute approximate surface area is 78.6 Å². The van der Waals surface area contributed by atoms with Gasteiger partial charge in [-0.15, -0.1) is 16.4 Å². The molecule has 0 fully saturated rings. The van der Waals surface area contributed by atoms with Crippen LogP contribution in [0.15, 0.2) is 4.42 Å². The van der Waals surface area contributed by atoms with E-state index in [1.165, 1.54) is 11.3 Å². The van der Waals surface area contributed by atoms with Crippen LogP contribution in [0.4, 0.5) is 6.01 Å². The first kappa shape index (κ1) is 8.18. The number of nitrogens with two attached hydrogens (primary N) is 1. The first-order chi connectivity index (χ1) is 6.16. The highest BCUT2D eigenvalue weighted by Crippen LogP contribution is 2.28. The summed E-state index contributed by atoms with van der Waals surface area (Å²) in [5.74, 6) is 0.445. The van der Waals surface area contributed by atoms with Gasteiger partial charge in [-0.05, 0) is 13.8 Å². The van der Waals surface area contributed by atoms with Crippen LogP contribution in [0.2, 0.25) is 0 Å². The third-order valence-electron chi connectivity index (χ3n) is 1.54. The second kappa shape index (κ2) is 2.81. The minimum atomic E-state index is 0.0838. The monoisotopic (exact) mass is 196 g/mol. The fourth-order valence-corrected chi connectivity index (χ4v) is 1.90. The van der Waals surface area contributed by atoms with Crippen LogP contribution in [-0.2, 0) is 0 Å². The van der Waals surface area contributed by atoms with Gasteiger partial charge >= 0.3 is 6.01 Å². The number of aromatic nitrogens is 3. The minimum Gasteiger partial charge on any atom is -0.403 e. The third-order valence-corrected chi connectivity index (χ3v) is 2.60. The van der Waals surface area contributed by atoms with E-state index in [0.29, 0.717) is 5.89 Å². The van der Waals surface area contributed by atoms with Crippen molar-refractivity contribution in [1.82, 2.24) is 15.2 Å². The van der Waals surface area contributed by atoms with E-state index in [1.807, 2.05) is 13.8 Å². The summed E-state index contributed by atoms with van der Waals surface area (Å²) in [6, 6.07) is 0.0838. The molecule has 0 aliphatic carbocycles. The van der Waals surface area contributed by atoms with Crippen molar-refractivity contribution in [2.45, 2.75) is 13.8 Å². The van der Waals surface area contributed by atoms with E-state index >= 15 is 0 Å². The van der Waals surface area contributed by atoms with E-state index in [9.17, 15) is 0 Å². The topological polar surface area (TPSA) is 77.8 Å². The molecule has 2 aromatic heterocycles. The fraction of sp³-hybridized carbons (Fsp3) is 0.286. The van der Waals surface area contributed by atoms with Crippen molar-refractivity contribution in [2.24, 2.45) is 0 Å². The molecule has 0 spiro atoms. The number of rotatable bonds is 1. The summed E-state index contributed by atoms with van der Waals surface area (Å²) < 4.78 is 5.09. The average molecular weight is 196 g/mol. The molecule has 0 aliphatic rings. The zero-order valence-corrected chi connectivity index (χ0v) is 8.05. The molecule has 2 aromatic rings. The van der Waals surface area contributed by atoms with Crippen LogP contribution in [0.3, 0.4) is 0 Å². The Morgan fingerprint density at radius 3 is 2.54 bits per heavy atom. The smallest absolute Gasteiger partial charge is 0.313 e. The van der Waals surface area contributed by atoms with E-state index in [0.717, 1.165) is 15.6 Å². The van der Waals surface area contributed by atoms with Crippen molar-refractivity contribution in [3.63, 3.8) is 0 Å². The SMILES string of the molecule is Cc1nc(C)c(-c2nnc(N)o2)s1. The molecule has 2 N–H and O–H groups in total. The first-order valence-electron chi connectivity index (χ1n) is 3.70. The lowest BCUT2D eigenvalue weighted by Crippen LogP contribution is -1.81. The van der Waals surface area contributed by atoms with E-state index in [1.54, 1.807) is 0 Å². The standard InChI is InChI=1S/C7H8N4OS/c1-3-5(13-4(2)9-3)6-10-11-7(8)12-6/h1-2H3,(H2,8,11). The number of hydrogen-bond acceptors (Lipinski definition) is 6. The molecule has 2 rings (SSSR count). The zero-order chi connectivity index (χ0) is 9.42. The molecule has 6 heteroatoms. The van der Waals surface area contributed by atoms with Crippen molar-refractivity contribution in [3.8, 4) is 10.8 Å². The largest absolute Gasteiger partial charge is 0.403 e. The molecular weight excluding hydrogens is 188 g/mol. The van der Waals surface area contributed by atoms with Crippen molar-refractivity contribution < 1.29 is 4.42 Å². The molecule has 2 heterocycles. The van der Waals surface area contributed by atoms with Crippen LogP contribution in [0.5, 0.6) is 0 Å². The van der Waals surface area contributed by atoms with Gasteiger partial charge in [-0.25, -0.2) is 4.98 Å². The maximum absolute atomic E-state index is 5.32. The van der Waals surface area contributed by atoms with Crippen molar-refractivity contribution in [3.05, 3.63) is 10.7 Å². The summed E-state index contributed by atoms with van der Waals surface area (Å²) in [5, 5.41) is 8.35. The van der Waals surface area contributed by atoms with Gasteiger partial charge in [0.05, 0.1) is 10.7 Å². The highest BCUT2D eigenvalue weighted by Gasteiger charge is 2.13. The van der Waals surface area contributed by atoms with Gasteiger partial charge in [-0.2, -0.15) is 0 Å². The van der Waals surface area contributed by atoms with Gasteiger partial charge in [-0.1, -0.05) is 5.10 Å². The normalized spacial score (nSPS) is 10.6. The molecule has 13 heavy (non-hydrogen) atoms. The van der Waals surface area contributed by atoms with Gasteiger partial charge in [-0.3, -0.25) is 0 Å². The van der Waals surface area contributed by atoms with Crippen LogP contribution in [0, 0.1) is 13.8 Å². The number of nitrogens with zero attached hydrogens (tertiary/aromatic N) is 3. The average Bonchev–Trinajstić information content (AvgIpc) is 2.58. The van der Waals surface area contributed by atoms with Crippen LogP contribution < -0.4 is 5.73 Å². The van der Waals surface area contributed by atoms with Gasteiger partial charge in [0, 0.05) is 0 Å². The number of thiazole rings is 1. The van der Waals surface area contributed by atoms with Crippen LogP contribution in [0.1, 0.15) is 10.7 Å². The minimum absolute atomic E-state index is 0.0838. The maximum Gasteiger partial charge on any atom is 0.313 e. The van der Waals surface area contributed by atoms with E-state index in [4.69, 9.17) is 10.2 Å². The molecule has 0 aliphatic heterocycles. The fourth-order valence-electron chi connectivity index (χ4n) is 1.06. The Balaban J connectivity index is 2.51. The van der Waals surface area contributed by atoms with Gasteiger partial charge < -0.3 is 10.2 Å². The molecule has 0 bridgehead atoms. The molecule has 0 saturated heterocycles. The van der Waals surface area contributed by atoms with Crippen LogP contribution in [0.25, 0.3) is 10.8 Å². The van der Waals surface area contributed by atoms with E-state index < -0.39 is 0 Å². The van der Waals surface area contributed by atoms with Crippen molar-refractivity contribution in [2.75, 3.05) is 5.73 Å². The highest BCUT2D eigenvalue weighted by molar-refractivity contribution is 7.15. The maximum atomic E-state index is 5.32. The molecule has 0 unspecified atom stereocenters. The summed E-state index contributed by atoms with van der Waals surface area (Å²) in [6.45, 7) is 3.83. The Morgan fingerprint density at radius 2 is 2.08 bits per heavy atom. The first-order valence-corrected chi connectivity index (χ1v) is 4.52. The Kier molecular flexibility index (Phi) is 1.77. The summed E-state index contributed by atoms with van der Waals surface area (Å²) in [4.78, 5) is 5.14. The summed E-state index contributed by atoms with van der Waals surface area (Å²) >= 11 is 1.52. The molecule has 5 nitrogen and oxygen atoms in total. The number of nitrogen functional groups attached to an aromatic ring is 1. The summed E-state index contributed by atoms with van der Waals surface area (Å²) in [7, 11) is 0.